The number of carbonyl (C=O) groups excluding carboxylic acids is 1. The predicted octanol–water partition coefficient (Wildman–Crippen LogP) is 2.14. The van der Waals surface area contributed by atoms with Gasteiger partial charge in [0.05, 0.1) is 21.5 Å². The maximum absolute atomic E-state index is 12.3. The molecule has 0 radical (unpaired) electrons. The minimum absolute atomic E-state index is 0.00764. The van der Waals surface area contributed by atoms with Gasteiger partial charge in [-0.3, -0.25) is 4.79 Å². The van der Waals surface area contributed by atoms with Crippen LogP contribution in [0.2, 0.25) is 10.0 Å². The molecule has 112 valence electrons. The summed E-state index contributed by atoms with van der Waals surface area (Å²) in [6, 6.07) is 3.96. The molecule has 8 heteroatoms. The third-order valence-corrected chi connectivity index (χ3v) is 4.95. The van der Waals surface area contributed by atoms with Gasteiger partial charge < -0.3 is 5.32 Å². The average molecular weight is 339 g/mol. The number of nitrogens with zero attached hydrogens (tertiary/aromatic N) is 1. The summed E-state index contributed by atoms with van der Waals surface area (Å²) < 4.78 is 25.5. The fraction of sp³-hybridized carbons (Fsp3) is 0.417. The van der Waals surface area contributed by atoms with Crippen LogP contribution in [-0.4, -0.2) is 38.3 Å². The highest BCUT2D eigenvalue weighted by Crippen LogP contribution is 2.26. The van der Waals surface area contributed by atoms with E-state index in [-0.39, 0.29) is 33.4 Å². The zero-order chi connectivity index (χ0) is 15.5. The normalized spacial score (nSPS) is 11.9. The third kappa shape index (κ3) is 4.34. The van der Waals surface area contributed by atoms with Gasteiger partial charge in [0.2, 0.25) is 15.9 Å². The second kappa shape index (κ2) is 6.76. The highest BCUT2D eigenvalue weighted by atomic mass is 35.5. The van der Waals surface area contributed by atoms with E-state index in [0.717, 1.165) is 4.31 Å². The van der Waals surface area contributed by atoms with Crippen molar-refractivity contribution in [2.75, 3.05) is 13.6 Å². The Labute approximate surface area is 128 Å². The number of amides is 1. The number of hydrogen-bond donors (Lipinski definition) is 1. The van der Waals surface area contributed by atoms with Crippen LogP contribution in [0.25, 0.3) is 0 Å². The van der Waals surface area contributed by atoms with E-state index in [1.807, 2.05) is 0 Å². The summed E-state index contributed by atoms with van der Waals surface area (Å²) in [6.07, 6.45) is 0. The van der Waals surface area contributed by atoms with E-state index in [0.29, 0.717) is 0 Å². The first-order valence-electron chi connectivity index (χ1n) is 5.85. The minimum atomic E-state index is -3.78. The van der Waals surface area contributed by atoms with E-state index in [1.54, 1.807) is 13.8 Å². The van der Waals surface area contributed by atoms with Gasteiger partial charge in [0.1, 0.15) is 0 Å². The first-order chi connectivity index (χ1) is 9.14. The Morgan fingerprint density at radius 3 is 2.40 bits per heavy atom. The van der Waals surface area contributed by atoms with Crippen molar-refractivity contribution < 1.29 is 13.2 Å². The molecule has 0 saturated heterocycles. The first-order valence-corrected chi connectivity index (χ1v) is 8.05. The van der Waals surface area contributed by atoms with Crippen LogP contribution in [0.1, 0.15) is 13.8 Å². The van der Waals surface area contributed by atoms with Crippen molar-refractivity contribution in [2.45, 2.75) is 24.8 Å². The van der Waals surface area contributed by atoms with Crippen LogP contribution < -0.4 is 5.32 Å². The molecule has 1 N–H and O–H groups in total. The number of carbonyl (C=O) groups is 1. The van der Waals surface area contributed by atoms with Gasteiger partial charge in [0.15, 0.2) is 0 Å². The van der Waals surface area contributed by atoms with Crippen molar-refractivity contribution >= 4 is 39.1 Å². The Balaban J connectivity index is 2.92. The van der Waals surface area contributed by atoms with E-state index < -0.39 is 10.0 Å². The van der Waals surface area contributed by atoms with Crippen molar-refractivity contribution in [2.24, 2.45) is 0 Å². The van der Waals surface area contributed by atoms with Crippen molar-refractivity contribution in [3.05, 3.63) is 28.2 Å². The maximum atomic E-state index is 12.3. The molecule has 0 aromatic heterocycles. The lowest BCUT2D eigenvalue weighted by Crippen LogP contribution is -2.40. The Hall–Kier alpha value is -0.820. The summed E-state index contributed by atoms with van der Waals surface area (Å²) in [4.78, 5) is 11.6. The van der Waals surface area contributed by atoms with Gasteiger partial charge in [-0.2, -0.15) is 4.31 Å². The highest BCUT2D eigenvalue weighted by Gasteiger charge is 2.23. The molecule has 0 bridgehead atoms. The van der Waals surface area contributed by atoms with Crippen LogP contribution in [0.15, 0.2) is 23.1 Å². The van der Waals surface area contributed by atoms with Crippen LogP contribution >= 0.6 is 23.2 Å². The quantitative estimate of drug-likeness (QED) is 0.894. The predicted molar refractivity (Wildman–Crippen MR) is 79.6 cm³/mol. The summed E-state index contributed by atoms with van der Waals surface area (Å²) in [5.41, 5.74) is 0. The van der Waals surface area contributed by atoms with Gasteiger partial charge in [0, 0.05) is 13.1 Å². The largest absolute Gasteiger partial charge is 0.353 e. The fourth-order valence-electron chi connectivity index (χ4n) is 1.47. The Morgan fingerprint density at radius 2 is 1.90 bits per heavy atom. The molecule has 1 aromatic rings. The highest BCUT2D eigenvalue weighted by molar-refractivity contribution is 7.89. The number of rotatable bonds is 5. The number of sulfonamides is 1. The lowest BCUT2D eigenvalue weighted by Gasteiger charge is -2.18. The van der Waals surface area contributed by atoms with Crippen LogP contribution in [-0.2, 0) is 14.8 Å². The Bertz CT molecular complexity index is 603. The number of halogens is 2. The molecule has 1 rings (SSSR count). The van der Waals surface area contributed by atoms with Crippen molar-refractivity contribution in [1.29, 1.82) is 0 Å². The van der Waals surface area contributed by atoms with Crippen LogP contribution in [0.5, 0.6) is 0 Å². The zero-order valence-corrected chi connectivity index (χ0v) is 13.7. The topological polar surface area (TPSA) is 66.5 Å². The number of benzene rings is 1. The number of hydrogen-bond acceptors (Lipinski definition) is 3. The van der Waals surface area contributed by atoms with Crippen molar-refractivity contribution in [1.82, 2.24) is 9.62 Å². The Kier molecular flexibility index (Phi) is 5.82. The van der Waals surface area contributed by atoms with Crippen molar-refractivity contribution in [3.63, 3.8) is 0 Å². The summed E-state index contributed by atoms with van der Waals surface area (Å²) in [7, 11) is -2.45. The molecule has 0 heterocycles. The summed E-state index contributed by atoms with van der Waals surface area (Å²) in [6.45, 7) is 3.33. The molecule has 0 aliphatic rings. The van der Waals surface area contributed by atoms with Gasteiger partial charge in [0.25, 0.3) is 0 Å². The molecule has 0 fully saturated rings. The molecule has 1 aromatic carbocycles. The van der Waals surface area contributed by atoms with Gasteiger partial charge in [-0.25, -0.2) is 8.42 Å². The van der Waals surface area contributed by atoms with Crippen LogP contribution in [0.4, 0.5) is 0 Å². The lowest BCUT2D eigenvalue weighted by atomic mass is 10.4. The van der Waals surface area contributed by atoms with Gasteiger partial charge >= 0.3 is 0 Å². The van der Waals surface area contributed by atoms with Crippen LogP contribution in [0, 0.1) is 0 Å². The summed E-state index contributed by atoms with van der Waals surface area (Å²) in [5.74, 6) is -0.369. The molecule has 0 aliphatic carbocycles. The third-order valence-electron chi connectivity index (χ3n) is 2.42. The van der Waals surface area contributed by atoms with E-state index in [4.69, 9.17) is 23.2 Å². The molecule has 0 saturated carbocycles. The standard InChI is InChI=1S/C12H16Cl2N2O3S/c1-8(2)15-12(17)7-16(3)20(18,19)9-4-5-10(13)11(14)6-9/h4-6,8H,7H2,1-3H3,(H,15,17). The second-order valence-corrected chi connectivity index (χ2v) is 7.42. The molecule has 0 unspecified atom stereocenters. The van der Waals surface area contributed by atoms with E-state index in [1.165, 1.54) is 25.2 Å². The van der Waals surface area contributed by atoms with E-state index >= 15 is 0 Å². The van der Waals surface area contributed by atoms with Gasteiger partial charge in [-0.05, 0) is 32.0 Å². The summed E-state index contributed by atoms with van der Waals surface area (Å²) in [5, 5.41) is 3.04. The first kappa shape index (κ1) is 17.2. The van der Waals surface area contributed by atoms with E-state index in [9.17, 15) is 13.2 Å². The average Bonchev–Trinajstić information content (AvgIpc) is 2.31. The Morgan fingerprint density at radius 1 is 1.30 bits per heavy atom. The maximum Gasteiger partial charge on any atom is 0.243 e. The lowest BCUT2D eigenvalue weighted by molar-refractivity contribution is -0.121. The molecule has 1 amide bonds. The number of nitrogens with one attached hydrogen (secondary N) is 1. The minimum Gasteiger partial charge on any atom is -0.353 e. The second-order valence-electron chi connectivity index (χ2n) is 4.56. The number of likely N-dealkylation sites (N-methyl/N-ethyl adjacent to an activating group) is 1. The SMILES string of the molecule is CC(C)NC(=O)CN(C)S(=O)(=O)c1ccc(Cl)c(Cl)c1. The molecular weight excluding hydrogens is 323 g/mol. The molecule has 0 atom stereocenters. The molecule has 0 spiro atoms. The monoisotopic (exact) mass is 338 g/mol. The van der Waals surface area contributed by atoms with E-state index in [2.05, 4.69) is 5.32 Å². The van der Waals surface area contributed by atoms with Crippen LogP contribution in [0.3, 0.4) is 0 Å². The smallest absolute Gasteiger partial charge is 0.243 e. The van der Waals surface area contributed by atoms with Crippen molar-refractivity contribution in [3.8, 4) is 0 Å². The molecule has 20 heavy (non-hydrogen) atoms. The fourth-order valence-corrected chi connectivity index (χ4v) is 2.99. The molecular formula is C12H16Cl2N2O3S. The van der Waals surface area contributed by atoms with Gasteiger partial charge in [-0.1, -0.05) is 23.2 Å². The zero-order valence-electron chi connectivity index (χ0n) is 11.4. The molecule has 0 aliphatic heterocycles. The summed E-state index contributed by atoms with van der Waals surface area (Å²) >= 11 is 11.6. The molecule has 5 nitrogen and oxygen atoms in total. The van der Waals surface area contributed by atoms with Gasteiger partial charge in [-0.15, -0.1) is 0 Å².